The molecule has 0 radical (unpaired) electrons. The monoisotopic (exact) mass is 346 g/mol. The third-order valence-electron chi connectivity index (χ3n) is 3.73. The lowest BCUT2D eigenvalue weighted by Gasteiger charge is -2.42. The van der Waals surface area contributed by atoms with Crippen LogP contribution in [0.5, 0.6) is 0 Å². The molecule has 0 aromatic carbocycles. The zero-order chi connectivity index (χ0) is 18.2. The van der Waals surface area contributed by atoms with Crippen LogP contribution in [-0.2, 0) is 4.79 Å². The smallest absolute Gasteiger partial charge is 0.327 e. The van der Waals surface area contributed by atoms with Crippen LogP contribution in [0.1, 0.15) is 6.92 Å². The number of fused-ring (bicyclic) bond motifs is 1. The van der Waals surface area contributed by atoms with Gasteiger partial charge in [0.2, 0.25) is 5.72 Å². The van der Waals surface area contributed by atoms with Crippen LogP contribution < -0.4 is 21.5 Å². The van der Waals surface area contributed by atoms with Crippen molar-refractivity contribution in [3.8, 4) is 0 Å². The number of amides is 1. The number of rotatable bonds is 5. The Kier molecular flexibility index (Phi) is 4.77. The molecule has 2 heterocycles. The van der Waals surface area contributed by atoms with Crippen LogP contribution in [-0.4, -0.2) is 78.6 Å². The lowest BCUT2D eigenvalue weighted by molar-refractivity contribution is -0.134. The molecule has 1 aliphatic heterocycles. The topological polar surface area (TPSA) is 199 Å². The van der Waals surface area contributed by atoms with Crippen molar-refractivity contribution in [3.05, 3.63) is 20.8 Å². The number of H-pyrrole nitrogens is 2. The first-order chi connectivity index (χ1) is 11.1. The van der Waals surface area contributed by atoms with Crippen LogP contribution in [0, 0.1) is 0 Å². The van der Waals surface area contributed by atoms with E-state index in [-0.39, 0.29) is 11.5 Å². The number of carbonyl (C=O) groups excluding carboxylic acids is 1. The van der Waals surface area contributed by atoms with Gasteiger partial charge in [-0.25, -0.2) is 4.79 Å². The summed E-state index contributed by atoms with van der Waals surface area (Å²) >= 11 is 0. The van der Waals surface area contributed by atoms with E-state index in [1.54, 1.807) is 0 Å². The number of nitrogens with zero attached hydrogens (tertiary/aromatic N) is 1. The highest BCUT2D eigenvalue weighted by molar-refractivity contribution is 6.04. The number of nitrogens with one attached hydrogen (secondary N) is 3. The minimum Gasteiger partial charge on any atom is -0.394 e. The summed E-state index contributed by atoms with van der Waals surface area (Å²) in [5, 5.41) is 50.3. The average Bonchev–Trinajstić information content (AvgIpc) is 2.51. The van der Waals surface area contributed by atoms with Gasteiger partial charge in [0.25, 0.3) is 11.5 Å². The Labute approximate surface area is 134 Å². The van der Waals surface area contributed by atoms with Gasteiger partial charge in [-0.3, -0.25) is 19.6 Å². The molecule has 0 spiro atoms. The van der Waals surface area contributed by atoms with E-state index >= 15 is 0 Å². The van der Waals surface area contributed by atoms with E-state index in [0.29, 0.717) is 0 Å². The van der Waals surface area contributed by atoms with Gasteiger partial charge >= 0.3 is 5.69 Å². The van der Waals surface area contributed by atoms with Gasteiger partial charge in [0, 0.05) is 0 Å². The fraction of sp³-hybridized carbons (Fsp3) is 0.583. The first kappa shape index (κ1) is 18.1. The number of carbonyl (C=O) groups is 1. The number of hydrogen-bond donors (Lipinski definition) is 8. The predicted octanol–water partition coefficient (Wildman–Crippen LogP) is -4.39. The molecule has 0 saturated carbocycles. The van der Waals surface area contributed by atoms with E-state index in [1.807, 2.05) is 4.98 Å². The Morgan fingerprint density at radius 3 is 2.33 bits per heavy atom. The Bertz CT molecular complexity index is 741. The molecule has 4 atom stereocenters. The van der Waals surface area contributed by atoms with E-state index in [1.165, 1.54) is 0 Å². The third-order valence-corrected chi connectivity index (χ3v) is 3.73. The Balaban J connectivity index is 2.46. The van der Waals surface area contributed by atoms with Gasteiger partial charge in [0.15, 0.2) is 0 Å². The molecule has 0 saturated heterocycles. The van der Waals surface area contributed by atoms with Crippen molar-refractivity contribution in [1.82, 2.24) is 9.97 Å². The molecule has 24 heavy (non-hydrogen) atoms. The number of aromatic amines is 2. The average molecular weight is 346 g/mol. The number of hydrogen-bond acceptors (Lipinski definition) is 9. The van der Waals surface area contributed by atoms with Crippen molar-refractivity contribution < 1.29 is 30.3 Å². The summed E-state index contributed by atoms with van der Waals surface area (Å²) in [6, 6.07) is 0. The summed E-state index contributed by atoms with van der Waals surface area (Å²) < 4.78 is 0. The maximum absolute atomic E-state index is 12.0. The molecule has 1 aromatic rings. The minimum absolute atomic E-state index is 0.280. The molecule has 0 fully saturated rings. The van der Waals surface area contributed by atoms with Crippen LogP contribution in [0.2, 0.25) is 0 Å². The highest BCUT2D eigenvalue weighted by atomic mass is 16.4. The molecular formula is C12H18N4O8. The van der Waals surface area contributed by atoms with E-state index in [9.17, 15) is 34.8 Å². The van der Waals surface area contributed by atoms with Crippen LogP contribution in [0.4, 0.5) is 11.5 Å². The van der Waals surface area contributed by atoms with Crippen molar-refractivity contribution in [2.45, 2.75) is 31.0 Å². The molecule has 2 rings (SSSR count). The highest BCUT2D eigenvalue weighted by Crippen LogP contribution is 2.31. The molecule has 1 aromatic heterocycles. The molecule has 1 aliphatic rings. The van der Waals surface area contributed by atoms with Crippen molar-refractivity contribution in [3.63, 3.8) is 0 Å². The fourth-order valence-corrected chi connectivity index (χ4v) is 2.29. The zero-order valence-corrected chi connectivity index (χ0v) is 12.6. The summed E-state index contributed by atoms with van der Waals surface area (Å²) in [4.78, 5) is 40.1. The minimum atomic E-state index is -2.27. The zero-order valence-electron chi connectivity index (χ0n) is 12.6. The second-order valence-electron chi connectivity index (χ2n) is 5.53. The van der Waals surface area contributed by atoms with Gasteiger partial charge in [-0.2, -0.15) is 0 Å². The summed E-state index contributed by atoms with van der Waals surface area (Å²) in [5.74, 6) is -1.28. The molecule has 134 valence electrons. The van der Waals surface area contributed by atoms with Gasteiger partial charge in [-0.15, -0.1) is 0 Å². The van der Waals surface area contributed by atoms with Crippen molar-refractivity contribution >= 4 is 17.4 Å². The van der Waals surface area contributed by atoms with Gasteiger partial charge in [-0.05, 0) is 6.92 Å². The molecule has 8 N–H and O–H groups in total. The molecule has 1 unspecified atom stereocenters. The van der Waals surface area contributed by atoms with Gasteiger partial charge in [0.05, 0.1) is 13.2 Å². The van der Waals surface area contributed by atoms with Crippen LogP contribution in [0.25, 0.3) is 0 Å². The molecule has 0 bridgehead atoms. The first-order valence-electron chi connectivity index (χ1n) is 6.92. The molecule has 0 aliphatic carbocycles. The van der Waals surface area contributed by atoms with E-state index in [2.05, 4.69) is 10.3 Å². The number of aliphatic hydroxyl groups is 5. The predicted molar refractivity (Wildman–Crippen MR) is 79.4 cm³/mol. The number of aliphatic hydroxyl groups excluding tert-OH is 4. The van der Waals surface area contributed by atoms with Crippen LogP contribution >= 0.6 is 0 Å². The van der Waals surface area contributed by atoms with Crippen molar-refractivity contribution in [1.29, 1.82) is 0 Å². The third kappa shape index (κ3) is 3.05. The lowest BCUT2D eigenvalue weighted by Crippen LogP contribution is -2.62. The number of aromatic nitrogens is 2. The van der Waals surface area contributed by atoms with Gasteiger partial charge in [0.1, 0.15) is 29.8 Å². The second-order valence-corrected chi connectivity index (χ2v) is 5.53. The molecule has 12 nitrogen and oxygen atoms in total. The Morgan fingerprint density at radius 2 is 1.75 bits per heavy atom. The standard InChI is InChI=1S/C12H18N4O8/c1-12(24)10(22)13-6-8(14-11(23)15-9(6)21)16(12)2-4(18)7(20)5(19)3-17/h4-5,7,17-20,24H,2-3H2,1H3,(H,13,22)(H2,14,15,21,23)/t4-,5+,7-,12?/m0/s1. The largest absolute Gasteiger partial charge is 0.394 e. The SMILES string of the molecule is CC1(O)C(=O)Nc2c([nH]c(=O)[nH]c2=O)N1C[C@H](O)[C@H](O)[C@H](O)CO. The molecule has 1 amide bonds. The normalized spacial score (nSPS) is 24.1. The van der Waals surface area contributed by atoms with Crippen molar-refractivity contribution in [2.24, 2.45) is 0 Å². The number of anilines is 2. The maximum atomic E-state index is 12.0. The van der Waals surface area contributed by atoms with Gasteiger partial charge < -0.3 is 35.7 Å². The summed E-state index contributed by atoms with van der Waals surface area (Å²) in [6.07, 6.45) is -5.19. The van der Waals surface area contributed by atoms with Crippen molar-refractivity contribution in [2.75, 3.05) is 23.4 Å². The quantitative estimate of drug-likeness (QED) is 0.259. The Morgan fingerprint density at radius 1 is 1.12 bits per heavy atom. The fourth-order valence-electron chi connectivity index (χ4n) is 2.29. The van der Waals surface area contributed by atoms with Crippen LogP contribution in [0.3, 0.4) is 0 Å². The van der Waals surface area contributed by atoms with E-state index in [4.69, 9.17) is 5.11 Å². The molecule has 12 heteroatoms. The first-order valence-corrected chi connectivity index (χ1v) is 6.92. The van der Waals surface area contributed by atoms with E-state index < -0.39 is 54.3 Å². The Hall–Kier alpha value is -2.25. The highest BCUT2D eigenvalue weighted by Gasteiger charge is 2.45. The van der Waals surface area contributed by atoms with E-state index in [0.717, 1.165) is 11.8 Å². The number of β-amino-alcohol motifs (C(OH)–C–C–N with tert-alkyl or cyclic N) is 1. The van der Waals surface area contributed by atoms with Gasteiger partial charge in [-0.1, -0.05) is 0 Å². The maximum Gasteiger partial charge on any atom is 0.327 e. The lowest BCUT2D eigenvalue weighted by atomic mass is 10.0. The van der Waals surface area contributed by atoms with Crippen LogP contribution in [0.15, 0.2) is 9.59 Å². The molecular weight excluding hydrogens is 328 g/mol. The summed E-state index contributed by atoms with van der Waals surface area (Å²) in [7, 11) is 0. The second kappa shape index (κ2) is 6.33. The summed E-state index contributed by atoms with van der Waals surface area (Å²) in [5.41, 5.74) is -4.46. The summed E-state index contributed by atoms with van der Waals surface area (Å²) in [6.45, 7) is -0.417.